The van der Waals surface area contributed by atoms with E-state index in [1.54, 1.807) is 0 Å². The van der Waals surface area contributed by atoms with Gasteiger partial charge >= 0.3 is 11.9 Å². The zero-order valence-electron chi connectivity index (χ0n) is 24.9. The van der Waals surface area contributed by atoms with Crippen molar-refractivity contribution in [3.63, 3.8) is 0 Å². The van der Waals surface area contributed by atoms with Crippen molar-refractivity contribution >= 4 is 11.9 Å². The molecule has 0 spiro atoms. The first-order valence-electron chi connectivity index (χ1n) is 15.7. The van der Waals surface area contributed by atoms with Gasteiger partial charge in [0.1, 0.15) is 25.9 Å². The lowest BCUT2D eigenvalue weighted by atomic mass is 9.78. The highest BCUT2D eigenvalue weighted by atomic mass is 16.6. The molecule has 0 amide bonds. The summed E-state index contributed by atoms with van der Waals surface area (Å²) in [5, 5.41) is 10.9. The molecule has 2 atom stereocenters. The van der Waals surface area contributed by atoms with E-state index in [9.17, 15) is 14.7 Å². The highest BCUT2D eigenvalue weighted by Crippen LogP contribution is 2.34. The molecule has 2 aromatic rings. The Morgan fingerprint density at radius 1 is 0.857 bits per heavy atom. The number of carbonyl (C=O) groups excluding carboxylic acids is 2. The topological polar surface area (TPSA) is 91.3 Å². The predicted molar refractivity (Wildman–Crippen MR) is 160 cm³/mol. The van der Waals surface area contributed by atoms with Gasteiger partial charge in [-0.05, 0) is 29.4 Å². The monoisotopic (exact) mass is 578 g/mol. The first kappa shape index (κ1) is 31.6. The van der Waals surface area contributed by atoms with Crippen LogP contribution in [0.4, 0.5) is 0 Å². The van der Waals surface area contributed by atoms with E-state index >= 15 is 0 Å². The Morgan fingerprint density at radius 3 is 2.07 bits per heavy atom. The van der Waals surface area contributed by atoms with Crippen LogP contribution in [-0.2, 0) is 41.8 Å². The summed E-state index contributed by atoms with van der Waals surface area (Å²) in [6.45, 7) is 2.25. The average molecular weight is 579 g/mol. The summed E-state index contributed by atoms with van der Waals surface area (Å²) in [6, 6.07) is 18.9. The molecule has 2 aromatic carbocycles. The molecule has 1 saturated carbocycles. The lowest BCUT2D eigenvalue weighted by Gasteiger charge is -2.28. The highest BCUT2D eigenvalue weighted by Gasteiger charge is 2.42. The van der Waals surface area contributed by atoms with Crippen LogP contribution in [0.2, 0.25) is 0 Å². The van der Waals surface area contributed by atoms with Crippen LogP contribution in [0.3, 0.4) is 0 Å². The summed E-state index contributed by atoms with van der Waals surface area (Å²) in [5.41, 5.74) is 1.76. The Labute approximate surface area is 250 Å². The molecule has 2 aliphatic rings. The third-order valence-electron chi connectivity index (χ3n) is 8.32. The zero-order valence-corrected chi connectivity index (χ0v) is 24.9. The highest BCUT2D eigenvalue weighted by molar-refractivity contribution is 5.89. The molecule has 228 valence electrons. The van der Waals surface area contributed by atoms with Gasteiger partial charge in [0.15, 0.2) is 11.9 Å². The fourth-order valence-electron chi connectivity index (χ4n) is 5.78. The Hall–Kier alpha value is -3.32. The minimum Gasteiger partial charge on any atom is -0.485 e. The molecule has 0 radical (unpaired) electrons. The number of unbranched alkanes of at least 4 members (excludes halogenated alkanes) is 3. The Balaban J connectivity index is 1.26. The van der Waals surface area contributed by atoms with E-state index in [4.69, 9.17) is 18.9 Å². The molecule has 1 aliphatic carbocycles. The van der Waals surface area contributed by atoms with Gasteiger partial charge in [0, 0.05) is 6.42 Å². The number of hydrogen-bond donors (Lipinski definition) is 1. The van der Waals surface area contributed by atoms with Crippen molar-refractivity contribution in [2.24, 2.45) is 11.8 Å². The van der Waals surface area contributed by atoms with Gasteiger partial charge in [-0.15, -0.1) is 0 Å². The summed E-state index contributed by atoms with van der Waals surface area (Å²) in [7, 11) is 0. The fraction of sp³-hybridized carbons (Fsp3) is 0.543. The molecule has 1 unspecified atom stereocenters. The van der Waals surface area contributed by atoms with E-state index in [0.29, 0.717) is 12.3 Å². The second kappa shape index (κ2) is 17.0. The molecule has 1 heterocycles. The number of aliphatic hydroxyl groups is 1. The number of rotatable bonds is 17. The molecule has 1 aliphatic heterocycles. The standard InChI is InChI=1S/C35H46O7/c1-2-3-4-7-12-26-17-19-27(20-18-26)21-22-31(37)39-25-30(36)32-33(40-23-28-13-8-5-9-14-28)34(35(38)42-32)41-24-29-15-10-6-11-16-29/h5-6,8-11,13-16,26-27,30,32,36H,2-4,7,12,17-25H2,1H3/t26?,27?,30?,32-/m1/s1. The third-order valence-corrected chi connectivity index (χ3v) is 8.32. The molecule has 0 bridgehead atoms. The molecule has 42 heavy (non-hydrogen) atoms. The van der Waals surface area contributed by atoms with Crippen LogP contribution in [0, 0.1) is 11.8 Å². The number of cyclic esters (lactones) is 1. The number of ether oxygens (including phenoxy) is 4. The minimum absolute atomic E-state index is 0.0777. The maximum atomic E-state index is 12.8. The predicted octanol–water partition coefficient (Wildman–Crippen LogP) is 7.02. The Morgan fingerprint density at radius 2 is 1.45 bits per heavy atom. The lowest BCUT2D eigenvalue weighted by molar-refractivity contribution is -0.155. The van der Waals surface area contributed by atoms with E-state index in [2.05, 4.69) is 6.92 Å². The number of aliphatic hydroxyl groups excluding tert-OH is 1. The van der Waals surface area contributed by atoms with Crippen LogP contribution in [0.15, 0.2) is 72.2 Å². The molecule has 0 aromatic heterocycles. The molecule has 0 saturated heterocycles. The number of hydrogen-bond acceptors (Lipinski definition) is 7. The van der Waals surface area contributed by atoms with Gasteiger partial charge in [0.25, 0.3) is 0 Å². The van der Waals surface area contributed by atoms with E-state index in [0.717, 1.165) is 23.5 Å². The van der Waals surface area contributed by atoms with E-state index in [1.807, 2.05) is 60.7 Å². The first-order valence-corrected chi connectivity index (χ1v) is 15.7. The number of esters is 2. The third kappa shape index (κ3) is 9.90. The second-order valence-corrected chi connectivity index (χ2v) is 11.6. The molecule has 7 nitrogen and oxygen atoms in total. The fourth-order valence-corrected chi connectivity index (χ4v) is 5.78. The van der Waals surface area contributed by atoms with Crippen LogP contribution in [-0.4, -0.2) is 35.9 Å². The molecular formula is C35H46O7. The van der Waals surface area contributed by atoms with Crippen LogP contribution < -0.4 is 0 Å². The zero-order chi connectivity index (χ0) is 29.6. The summed E-state index contributed by atoms with van der Waals surface area (Å²) < 4.78 is 22.7. The van der Waals surface area contributed by atoms with Crippen LogP contribution in [0.1, 0.15) is 88.7 Å². The van der Waals surface area contributed by atoms with Crippen LogP contribution in [0.5, 0.6) is 0 Å². The molecule has 4 rings (SSSR count). The summed E-state index contributed by atoms with van der Waals surface area (Å²) in [4.78, 5) is 25.3. The maximum absolute atomic E-state index is 12.8. The van der Waals surface area contributed by atoms with Crippen molar-refractivity contribution in [1.29, 1.82) is 0 Å². The van der Waals surface area contributed by atoms with Gasteiger partial charge < -0.3 is 24.1 Å². The van der Waals surface area contributed by atoms with Gasteiger partial charge in [-0.3, -0.25) is 4.79 Å². The molecule has 1 N–H and O–H groups in total. The number of carbonyl (C=O) groups is 2. The van der Waals surface area contributed by atoms with Crippen molar-refractivity contribution < 1.29 is 33.6 Å². The van der Waals surface area contributed by atoms with Crippen LogP contribution >= 0.6 is 0 Å². The summed E-state index contributed by atoms with van der Waals surface area (Å²) in [6.07, 6.45) is 10.2. The van der Waals surface area contributed by atoms with Crippen molar-refractivity contribution in [2.45, 2.75) is 103 Å². The van der Waals surface area contributed by atoms with E-state index in [-0.39, 0.29) is 37.3 Å². The normalized spacial score (nSPS) is 21.1. The van der Waals surface area contributed by atoms with E-state index < -0.39 is 18.2 Å². The van der Waals surface area contributed by atoms with Gasteiger partial charge in [0.2, 0.25) is 5.76 Å². The van der Waals surface area contributed by atoms with Crippen molar-refractivity contribution in [2.75, 3.05) is 6.61 Å². The van der Waals surface area contributed by atoms with Crippen molar-refractivity contribution in [3.8, 4) is 0 Å². The largest absolute Gasteiger partial charge is 0.485 e. The van der Waals surface area contributed by atoms with Crippen molar-refractivity contribution in [3.05, 3.63) is 83.3 Å². The second-order valence-electron chi connectivity index (χ2n) is 11.6. The van der Waals surface area contributed by atoms with Gasteiger partial charge in [-0.2, -0.15) is 0 Å². The Kier molecular flexibility index (Phi) is 12.8. The van der Waals surface area contributed by atoms with Gasteiger partial charge in [0.05, 0.1) is 0 Å². The Bertz CT molecular complexity index is 1120. The molecular weight excluding hydrogens is 532 g/mol. The minimum atomic E-state index is -1.29. The average Bonchev–Trinajstić information content (AvgIpc) is 3.35. The molecule has 1 fully saturated rings. The van der Waals surface area contributed by atoms with Gasteiger partial charge in [-0.25, -0.2) is 4.79 Å². The van der Waals surface area contributed by atoms with E-state index in [1.165, 1.54) is 57.8 Å². The first-order chi connectivity index (χ1) is 20.5. The number of benzene rings is 2. The van der Waals surface area contributed by atoms with Gasteiger partial charge in [-0.1, -0.05) is 125 Å². The van der Waals surface area contributed by atoms with Crippen LogP contribution in [0.25, 0.3) is 0 Å². The SMILES string of the molecule is CCCCCCC1CCC(CCC(=O)OCC(O)[C@H]2OC(=O)C(OCc3ccccc3)=C2OCc2ccccc2)CC1. The smallest absolute Gasteiger partial charge is 0.378 e. The summed E-state index contributed by atoms with van der Waals surface area (Å²) in [5.74, 6) is 0.347. The summed E-state index contributed by atoms with van der Waals surface area (Å²) >= 11 is 0. The quantitative estimate of drug-likeness (QED) is 0.159. The lowest BCUT2D eigenvalue weighted by Crippen LogP contribution is -2.34. The molecule has 7 heteroatoms. The van der Waals surface area contributed by atoms with Crippen molar-refractivity contribution in [1.82, 2.24) is 0 Å². The maximum Gasteiger partial charge on any atom is 0.378 e.